The molecule has 0 radical (unpaired) electrons. The highest BCUT2D eigenvalue weighted by Crippen LogP contribution is 2.17. The number of aliphatic hydroxyl groups is 1. The second kappa shape index (κ2) is 6.44. The van der Waals surface area contributed by atoms with E-state index in [0.717, 1.165) is 6.42 Å². The molecule has 2 amide bonds. The highest BCUT2D eigenvalue weighted by Gasteiger charge is 2.29. The van der Waals surface area contributed by atoms with Crippen molar-refractivity contribution in [1.82, 2.24) is 9.80 Å². The van der Waals surface area contributed by atoms with E-state index in [9.17, 15) is 9.59 Å². The third kappa shape index (κ3) is 3.59. The summed E-state index contributed by atoms with van der Waals surface area (Å²) in [4.78, 5) is 26.0. The van der Waals surface area contributed by atoms with Crippen molar-refractivity contribution in [2.75, 3.05) is 32.8 Å². The summed E-state index contributed by atoms with van der Waals surface area (Å²) in [6, 6.07) is -0.174. The van der Waals surface area contributed by atoms with Crippen LogP contribution in [-0.4, -0.2) is 64.8 Å². The summed E-state index contributed by atoms with van der Waals surface area (Å²) < 4.78 is 0. The van der Waals surface area contributed by atoms with Gasteiger partial charge in [-0.25, -0.2) is 4.79 Å². The van der Waals surface area contributed by atoms with Crippen molar-refractivity contribution < 1.29 is 19.8 Å². The van der Waals surface area contributed by atoms with Crippen LogP contribution in [0.5, 0.6) is 0 Å². The molecular formula is C11H20N2O4. The summed E-state index contributed by atoms with van der Waals surface area (Å²) in [6.07, 6.45) is 1.35. The van der Waals surface area contributed by atoms with Gasteiger partial charge in [0, 0.05) is 26.2 Å². The largest absolute Gasteiger partial charge is 0.481 e. The summed E-state index contributed by atoms with van der Waals surface area (Å²) in [5.74, 6) is -1.30. The lowest BCUT2D eigenvalue weighted by molar-refractivity contribution is -0.143. The summed E-state index contributed by atoms with van der Waals surface area (Å²) in [7, 11) is 0. The molecule has 17 heavy (non-hydrogen) atoms. The third-order valence-corrected chi connectivity index (χ3v) is 3.06. The molecule has 1 saturated heterocycles. The Labute approximate surface area is 101 Å². The van der Waals surface area contributed by atoms with E-state index in [1.54, 1.807) is 4.90 Å². The first-order valence-electron chi connectivity index (χ1n) is 5.97. The molecule has 2 N–H and O–H groups in total. The quantitative estimate of drug-likeness (QED) is 0.741. The molecular weight excluding hydrogens is 224 g/mol. The number of carbonyl (C=O) groups is 2. The minimum Gasteiger partial charge on any atom is -0.481 e. The number of nitrogens with zero attached hydrogens (tertiary/aromatic N) is 2. The van der Waals surface area contributed by atoms with Gasteiger partial charge in [-0.3, -0.25) is 4.79 Å². The Kier molecular flexibility index (Phi) is 5.21. The van der Waals surface area contributed by atoms with Gasteiger partial charge in [-0.05, 0) is 19.8 Å². The summed E-state index contributed by atoms with van der Waals surface area (Å²) in [6.45, 7) is 3.46. The molecule has 6 nitrogen and oxygen atoms in total. The minimum atomic E-state index is -0.840. The van der Waals surface area contributed by atoms with E-state index in [0.29, 0.717) is 26.1 Å². The Balaban J connectivity index is 2.58. The standard InChI is InChI=1S/C11H20N2O4/c1-2-12(6-7-14)11(17)13-5-3-4-9(8-13)10(15)16/h9,14H,2-8H2,1H3,(H,15,16)/t9-/m1/s1. The van der Waals surface area contributed by atoms with Crippen LogP contribution >= 0.6 is 0 Å². The van der Waals surface area contributed by atoms with E-state index >= 15 is 0 Å². The first kappa shape index (κ1) is 13.8. The number of hydrogen-bond donors (Lipinski definition) is 2. The number of likely N-dealkylation sites (N-methyl/N-ethyl adjacent to an activating group) is 1. The molecule has 1 rings (SSSR count). The van der Waals surface area contributed by atoms with E-state index in [1.807, 2.05) is 6.92 Å². The predicted octanol–water partition coefficient (Wildman–Crippen LogP) is 0.217. The number of amides is 2. The van der Waals surface area contributed by atoms with Gasteiger partial charge in [-0.2, -0.15) is 0 Å². The lowest BCUT2D eigenvalue weighted by Gasteiger charge is -2.34. The van der Waals surface area contributed by atoms with Crippen LogP contribution in [0.2, 0.25) is 0 Å². The molecule has 0 unspecified atom stereocenters. The summed E-state index contributed by atoms with van der Waals surface area (Å²) in [5.41, 5.74) is 0. The fourth-order valence-corrected chi connectivity index (χ4v) is 2.06. The molecule has 1 atom stereocenters. The van der Waals surface area contributed by atoms with Gasteiger partial charge in [0.25, 0.3) is 0 Å². The summed E-state index contributed by atoms with van der Waals surface area (Å²) in [5, 5.41) is 17.8. The second-order valence-corrected chi connectivity index (χ2v) is 4.21. The van der Waals surface area contributed by atoms with Gasteiger partial charge in [0.05, 0.1) is 12.5 Å². The van der Waals surface area contributed by atoms with Crippen molar-refractivity contribution in [2.24, 2.45) is 5.92 Å². The van der Waals surface area contributed by atoms with Gasteiger partial charge < -0.3 is 20.0 Å². The van der Waals surface area contributed by atoms with Crippen LogP contribution in [-0.2, 0) is 4.79 Å². The number of hydrogen-bond acceptors (Lipinski definition) is 3. The van der Waals surface area contributed by atoms with Crippen LogP contribution < -0.4 is 0 Å². The Morgan fingerprint density at radius 2 is 2.18 bits per heavy atom. The van der Waals surface area contributed by atoms with Crippen LogP contribution in [0.4, 0.5) is 4.79 Å². The maximum absolute atomic E-state index is 12.0. The van der Waals surface area contributed by atoms with Crippen molar-refractivity contribution in [3.05, 3.63) is 0 Å². The molecule has 0 aromatic rings. The summed E-state index contributed by atoms with van der Waals surface area (Å²) >= 11 is 0. The normalized spacial score (nSPS) is 20.1. The lowest BCUT2D eigenvalue weighted by Crippen LogP contribution is -2.49. The molecule has 1 heterocycles. The minimum absolute atomic E-state index is 0.0736. The van der Waals surface area contributed by atoms with Gasteiger partial charge in [-0.15, -0.1) is 0 Å². The molecule has 1 aliphatic rings. The van der Waals surface area contributed by atoms with Crippen molar-refractivity contribution in [2.45, 2.75) is 19.8 Å². The van der Waals surface area contributed by atoms with E-state index in [-0.39, 0.29) is 19.2 Å². The molecule has 0 bridgehead atoms. The number of aliphatic carboxylic acids is 1. The number of rotatable bonds is 4. The average molecular weight is 244 g/mol. The Bertz CT molecular complexity index is 283. The number of piperidine rings is 1. The molecule has 98 valence electrons. The number of carboxylic acids is 1. The van der Waals surface area contributed by atoms with E-state index in [4.69, 9.17) is 10.2 Å². The highest BCUT2D eigenvalue weighted by atomic mass is 16.4. The van der Waals surface area contributed by atoms with E-state index in [1.165, 1.54) is 4.90 Å². The number of likely N-dealkylation sites (tertiary alicyclic amines) is 1. The third-order valence-electron chi connectivity index (χ3n) is 3.06. The molecule has 6 heteroatoms. The first-order chi connectivity index (χ1) is 8.10. The zero-order valence-electron chi connectivity index (χ0n) is 10.1. The molecule has 1 fully saturated rings. The van der Waals surface area contributed by atoms with Crippen LogP contribution in [0.25, 0.3) is 0 Å². The predicted molar refractivity (Wildman–Crippen MR) is 61.7 cm³/mol. The van der Waals surface area contributed by atoms with Crippen LogP contribution in [0.15, 0.2) is 0 Å². The fraction of sp³-hybridized carbons (Fsp3) is 0.818. The van der Waals surface area contributed by atoms with Gasteiger partial charge in [-0.1, -0.05) is 0 Å². The Morgan fingerprint density at radius 1 is 1.47 bits per heavy atom. The average Bonchev–Trinajstić information content (AvgIpc) is 2.35. The monoisotopic (exact) mass is 244 g/mol. The zero-order chi connectivity index (χ0) is 12.8. The molecule has 0 aromatic heterocycles. The van der Waals surface area contributed by atoms with E-state index < -0.39 is 11.9 Å². The Morgan fingerprint density at radius 3 is 2.71 bits per heavy atom. The van der Waals surface area contributed by atoms with Crippen LogP contribution in [0.1, 0.15) is 19.8 Å². The molecule has 0 saturated carbocycles. The maximum Gasteiger partial charge on any atom is 0.320 e. The van der Waals surface area contributed by atoms with Gasteiger partial charge in [0.2, 0.25) is 0 Å². The van der Waals surface area contributed by atoms with Gasteiger partial charge in [0.1, 0.15) is 0 Å². The van der Waals surface area contributed by atoms with E-state index in [2.05, 4.69) is 0 Å². The lowest BCUT2D eigenvalue weighted by atomic mass is 9.99. The maximum atomic E-state index is 12.0. The second-order valence-electron chi connectivity index (χ2n) is 4.21. The number of urea groups is 1. The topological polar surface area (TPSA) is 81.1 Å². The molecule has 0 spiro atoms. The number of carbonyl (C=O) groups excluding carboxylic acids is 1. The fourth-order valence-electron chi connectivity index (χ4n) is 2.06. The van der Waals surface area contributed by atoms with Gasteiger partial charge >= 0.3 is 12.0 Å². The number of aliphatic hydroxyl groups excluding tert-OH is 1. The van der Waals surface area contributed by atoms with Crippen molar-refractivity contribution in [3.8, 4) is 0 Å². The molecule has 1 aliphatic heterocycles. The van der Waals surface area contributed by atoms with Crippen molar-refractivity contribution in [3.63, 3.8) is 0 Å². The highest BCUT2D eigenvalue weighted by molar-refractivity contribution is 5.76. The van der Waals surface area contributed by atoms with Gasteiger partial charge in [0.15, 0.2) is 0 Å². The van der Waals surface area contributed by atoms with Crippen LogP contribution in [0, 0.1) is 5.92 Å². The number of carboxylic acid groups (broad SMARTS) is 1. The van der Waals surface area contributed by atoms with Crippen LogP contribution in [0.3, 0.4) is 0 Å². The SMILES string of the molecule is CCN(CCO)C(=O)N1CCC[C@@H](C(=O)O)C1. The zero-order valence-corrected chi connectivity index (χ0v) is 10.1. The van der Waals surface area contributed by atoms with Crippen molar-refractivity contribution >= 4 is 12.0 Å². The first-order valence-corrected chi connectivity index (χ1v) is 5.97. The molecule has 0 aliphatic carbocycles. The Hall–Kier alpha value is -1.30. The molecule has 0 aromatic carbocycles. The smallest absolute Gasteiger partial charge is 0.320 e. The van der Waals surface area contributed by atoms with Crippen molar-refractivity contribution in [1.29, 1.82) is 0 Å².